The monoisotopic (exact) mass is 736 g/mol. The second-order valence-electron chi connectivity index (χ2n) is 15.0. The molecule has 4 heterocycles. The molecule has 6 heteroatoms. The van der Waals surface area contributed by atoms with E-state index in [-0.39, 0.29) is 12.3 Å². The van der Waals surface area contributed by atoms with Gasteiger partial charge in [-0.25, -0.2) is 4.99 Å². The van der Waals surface area contributed by atoms with Crippen LogP contribution in [0, 0.1) is 0 Å². The third-order valence-corrected chi connectivity index (χ3v) is 11.8. The molecule has 2 unspecified atom stereocenters. The van der Waals surface area contributed by atoms with Crippen LogP contribution in [0.4, 0.5) is 0 Å². The van der Waals surface area contributed by atoms with E-state index in [1.165, 1.54) is 16.3 Å². The summed E-state index contributed by atoms with van der Waals surface area (Å²) in [5.74, 6) is 0.886. The molecule has 2 atom stereocenters. The van der Waals surface area contributed by atoms with E-state index in [0.29, 0.717) is 0 Å². The fourth-order valence-corrected chi connectivity index (χ4v) is 9.18. The highest BCUT2D eigenvalue weighted by Crippen LogP contribution is 2.44. The second-order valence-corrected chi connectivity index (χ2v) is 15.0. The average Bonchev–Trinajstić information content (AvgIpc) is 3.96. The lowest BCUT2D eigenvalue weighted by Gasteiger charge is -2.33. The van der Waals surface area contributed by atoms with Crippen molar-refractivity contribution >= 4 is 71.5 Å². The molecule has 0 radical (unpaired) electrons. The summed E-state index contributed by atoms with van der Waals surface area (Å²) in [6.45, 7) is 0. The van der Waals surface area contributed by atoms with Gasteiger partial charge in [0.15, 0.2) is 5.58 Å². The van der Waals surface area contributed by atoms with Crippen molar-refractivity contribution in [3.8, 4) is 16.8 Å². The Morgan fingerprint density at radius 2 is 1.28 bits per heavy atom. The second kappa shape index (κ2) is 12.7. The van der Waals surface area contributed by atoms with E-state index in [2.05, 4.69) is 179 Å². The first-order valence-electron chi connectivity index (χ1n) is 19.7. The minimum atomic E-state index is -0.170. The highest BCUT2D eigenvalue weighted by atomic mass is 16.3. The molecule has 57 heavy (non-hydrogen) atoms. The van der Waals surface area contributed by atoms with E-state index in [0.717, 1.165) is 102 Å². The van der Waals surface area contributed by atoms with Crippen molar-refractivity contribution in [2.24, 2.45) is 4.99 Å². The molecule has 0 saturated carbocycles. The normalized spacial score (nSPS) is 17.2. The zero-order valence-electron chi connectivity index (χ0n) is 30.9. The maximum atomic E-state index is 6.87. The van der Waals surface area contributed by atoms with E-state index in [9.17, 15) is 0 Å². The molecule has 0 amide bonds. The molecular weight excluding hydrogens is 701 g/mol. The fraction of sp³-hybridized carbons (Fsp3) is 0.0784. The molecule has 12 rings (SSSR count). The van der Waals surface area contributed by atoms with Gasteiger partial charge in [0.1, 0.15) is 34.9 Å². The summed E-state index contributed by atoms with van der Waals surface area (Å²) in [5.41, 5.74) is 12.4. The van der Waals surface area contributed by atoms with Crippen LogP contribution in [-0.2, 0) is 0 Å². The Hall–Kier alpha value is -7.15. The van der Waals surface area contributed by atoms with Crippen LogP contribution in [-0.4, -0.2) is 16.6 Å². The lowest BCUT2D eigenvalue weighted by atomic mass is 9.94. The van der Waals surface area contributed by atoms with Gasteiger partial charge in [0.2, 0.25) is 0 Å². The Morgan fingerprint density at radius 3 is 2.04 bits per heavy atom. The standard InChI is InChI=1S/C51H36N4O2/c1-3-14-31(15-4-1)49-52-50(32-16-5-2-6-17-32)54-51(53-49)33-28-29-43-39(30-33)47-37(21-12-26-44(47)56-43)36-20-13-27-45-46(36)38-22-11-25-42(48(38)57-45)55-40-23-9-7-18-34(40)35-19-8-10-24-41(35)55/h1-5,7-16,18-30,50-51,54H,6,17H2,(H,52,53). The molecule has 0 spiro atoms. The summed E-state index contributed by atoms with van der Waals surface area (Å²) < 4.78 is 15.8. The number of allylic oxidation sites excluding steroid dienone is 3. The predicted molar refractivity (Wildman–Crippen MR) is 233 cm³/mol. The number of para-hydroxylation sites is 3. The van der Waals surface area contributed by atoms with E-state index in [4.69, 9.17) is 13.8 Å². The van der Waals surface area contributed by atoms with Gasteiger partial charge < -0.3 is 18.7 Å². The number of nitrogens with one attached hydrogen (secondary N) is 2. The van der Waals surface area contributed by atoms with Crippen LogP contribution < -0.4 is 10.6 Å². The molecule has 0 fully saturated rings. The summed E-state index contributed by atoms with van der Waals surface area (Å²) in [6.07, 6.45) is 8.27. The number of aromatic nitrogens is 1. The maximum Gasteiger partial charge on any atom is 0.159 e. The molecular formula is C51H36N4O2. The van der Waals surface area contributed by atoms with Gasteiger partial charge in [-0.15, -0.1) is 0 Å². The summed E-state index contributed by atoms with van der Waals surface area (Å²) in [6, 6.07) is 53.5. The van der Waals surface area contributed by atoms with Crippen molar-refractivity contribution in [1.82, 2.24) is 15.2 Å². The molecule has 0 saturated heterocycles. The minimum Gasteiger partial charge on any atom is -0.456 e. The first kappa shape index (κ1) is 32.1. The Balaban J connectivity index is 1.02. The van der Waals surface area contributed by atoms with Gasteiger partial charge in [-0.3, -0.25) is 5.32 Å². The van der Waals surface area contributed by atoms with Gasteiger partial charge in [-0.05, 0) is 77.6 Å². The van der Waals surface area contributed by atoms with E-state index < -0.39 is 0 Å². The van der Waals surface area contributed by atoms with Gasteiger partial charge in [-0.1, -0.05) is 127 Å². The SMILES string of the molecule is C1=CCCC(C2N=C(c3ccccc3)NC(c3ccc4oc5cccc(-c6cccc7oc8c(-n9c%10ccccc%10c%10ccccc%109)cccc8c67)c5c4c3)N2)=C1. The van der Waals surface area contributed by atoms with E-state index in [1.807, 2.05) is 6.07 Å². The largest absolute Gasteiger partial charge is 0.456 e. The molecule has 1 aliphatic carbocycles. The number of hydrogen-bond donors (Lipinski definition) is 2. The van der Waals surface area contributed by atoms with Crippen molar-refractivity contribution in [2.45, 2.75) is 25.2 Å². The van der Waals surface area contributed by atoms with E-state index in [1.54, 1.807) is 0 Å². The number of benzene rings is 7. The van der Waals surface area contributed by atoms with Crippen LogP contribution in [0.3, 0.4) is 0 Å². The predicted octanol–water partition coefficient (Wildman–Crippen LogP) is 12.5. The molecule has 272 valence electrons. The highest BCUT2D eigenvalue weighted by molar-refractivity contribution is 6.20. The van der Waals surface area contributed by atoms with Crippen molar-refractivity contribution in [2.75, 3.05) is 0 Å². The van der Waals surface area contributed by atoms with Crippen LogP contribution in [0.2, 0.25) is 0 Å². The van der Waals surface area contributed by atoms with Crippen molar-refractivity contribution in [3.05, 3.63) is 187 Å². The Bertz CT molecular complexity index is 3270. The summed E-state index contributed by atoms with van der Waals surface area (Å²) in [4.78, 5) is 5.17. The van der Waals surface area contributed by atoms with Crippen LogP contribution >= 0.6 is 0 Å². The number of aliphatic imine (C=N–C) groups is 1. The Labute approximate surface area is 328 Å². The van der Waals surface area contributed by atoms with Crippen LogP contribution in [0.15, 0.2) is 189 Å². The van der Waals surface area contributed by atoms with Gasteiger partial charge in [0, 0.05) is 37.9 Å². The van der Waals surface area contributed by atoms with Gasteiger partial charge in [0.05, 0.1) is 16.7 Å². The number of furan rings is 2. The molecule has 10 aromatic rings. The molecule has 7 aromatic carbocycles. The van der Waals surface area contributed by atoms with Crippen molar-refractivity contribution in [3.63, 3.8) is 0 Å². The number of hydrogen-bond acceptors (Lipinski definition) is 5. The highest BCUT2D eigenvalue weighted by Gasteiger charge is 2.28. The first-order valence-corrected chi connectivity index (χ1v) is 19.7. The van der Waals surface area contributed by atoms with Crippen LogP contribution in [0.1, 0.15) is 30.1 Å². The maximum absolute atomic E-state index is 6.87. The van der Waals surface area contributed by atoms with Crippen LogP contribution in [0.25, 0.3) is 82.5 Å². The third-order valence-electron chi connectivity index (χ3n) is 11.8. The molecule has 2 aliphatic rings. The first-order chi connectivity index (χ1) is 28.3. The van der Waals surface area contributed by atoms with Gasteiger partial charge >= 0.3 is 0 Å². The molecule has 1 aliphatic heterocycles. The average molecular weight is 737 g/mol. The quantitative estimate of drug-likeness (QED) is 0.185. The van der Waals surface area contributed by atoms with Crippen LogP contribution in [0.5, 0.6) is 0 Å². The summed E-state index contributed by atoms with van der Waals surface area (Å²) in [5, 5.41) is 14.3. The number of rotatable bonds is 5. The topological polar surface area (TPSA) is 67.6 Å². The summed E-state index contributed by atoms with van der Waals surface area (Å²) >= 11 is 0. The van der Waals surface area contributed by atoms with Crippen molar-refractivity contribution < 1.29 is 8.83 Å². The molecule has 2 N–H and O–H groups in total. The van der Waals surface area contributed by atoms with Crippen molar-refractivity contribution in [1.29, 1.82) is 0 Å². The molecule has 6 nitrogen and oxygen atoms in total. The zero-order valence-corrected chi connectivity index (χ0v) is 30.9. The molecule has 0 bridgehead atoms. The van der Waals surface area contributed by atoms with Gasteiger partial charge in [0.25, 0.3) is 0 Å². The number of fused-ring (bicyclic) bond motifs is 9. The number of nitrogens with zero attached hydrogens (tertiary/aromatic N) is 2. The molecule has 3 aromatic heterocycles. The third kappa shape index (κ3) is 5.04. The smallest absolute Gasteiger partial charge is 0.159 e. The summed E-state index contributed by atoms with van der Waals surface area (Å²) in [7, 11) is 0. The Morgan fingerprint density at radius 1 is 0.596 bits per heavy atom. The Kier molecular flexibility index (Phi) is 7.16. The van der Waals surface area contributed by atoms with Gasteiger partial charge in [-0.2, -0.15) is 0 Å². The minimum absolute atomic E-state index is 0.136. The lowest BCUT2D eigenvalue weighted by Crippen LogP contribution is -2.49. The lowest BCUT2D eigenvalue weighted by molar-refractivity contribution is 0.425. The fourth-order valence-electron chi connectivity index (χ4n) is 9.18. The van der Waals surface area contributed by atoms with E-state index >= 15 is 0 Å². The number of amidine groups is 1. The zero-order chi connectivity index (χ0) is 37.5.